The Kier molecular flexibility index (Phi) is 4.60. The zero-order valence-electron chi connectivity index (χ0n) is 12.5. The van der Waals surface area contributed by atoms with Gasteiger partial charge in [0.05, 0.1) is 6.61 Å². The standard InChI is InChI=1S/C17H20ClN3O/c18-15-5-1-4-14(10-15)11-17(13-22)6-2-9-21(12-17)16-19-7-3-8-20-16/h1,3-5,7-8,10,22H,2,6,9,11-13H2/t17-/m0/s1. The first kappa shape index (κ1) is 15.3. The van der Waals surface area contributed by atoms with Crippen molar-refractivity contribution in [3.05, 3.63) is 53.3 Å². The fourth-order valence-corrected chi connectivity index (χ4v) is 3.46. The van der Waals surface area contributed by atoms with Gasteiger partial charge in [-0.25, -0.2) is 9.97 Å². The lowest BCUT2D eigenvalue weighted by molar-refractivity contribution is 0.105. The first-order chi connectivity index (χ1) is 10.7. The average Bonchev–Trinajstić information content (AvgIpc) is 2.56. The van der Waals surface area contributed by atoms with Crippen molar-refractivity contribution >= 4 is 17.5 Å². The molecule has 22 heavy (non-hydrogen) atoms. The van der Waals surface area contributed by atoms with Crippen molar-refractivity contribution in [2.45, 2.75) is 19.3 Å². The van der Waals surface area contributed by atoms with Gasteiger partial charge in [-0.1, -0.05) is 23.7 Å². The molecule has 4 nitrogen and oxygen atoms in total. The van der Waals surface area contributed by atoms with Gasteiger partial charge in [-0.15, -0.1) is 0 Å². The second-order valence-electron chi connectivity index (χ2n) is 6.04. The third kappa shape index (κ3) is 3.39. The predicted octanol–water partition coefficient (Wildman–Crippen LogP) is 2.95. The summed E-state index contributed by atoms with van der Waals surface area (Å²) in [4.78, 5) is 10.8. The Morgan fingerprint density at radius 3 is 2.77 bits per heavy atom. The molecule has 1 N–H and O–H groups in total. The molecule has 5 heteroatoms. The molecule has 0 aliphatic carbocycles. The van der Waals surface area contributed by atoms with E-state index in [1.165, 1.54) is 0 Å². The largest absolute Gasteiger partial charge is 0.396 e. The lowest BCUT2D eigenvalue weighted by Gasteiger charge is -2.42. The second kappa shape index (κ2) is 6.63. The van der Waals surface area contributed by atoms with Crippen molar-refractivity contribution in [2.75, 3.05) is 24.6 Å². The highest BCUT2D eigenvalue weighted by Crippen LogP contribution is 2.34. The van der Waals surface area contributed by atoms with Crippen LogP contribution in [0.4, 0.5) is 5.95 Å². The minimum Gasteiger partial charge on any atom is -0.396 e. The van der Waals surface area contributed by atoms with Crippen LogP contribution in [0, 0.1) is 5.41 Å². The Bertz CT molecular complexity index is 622. The van der Waals surface area contributed by atoms with Gasteiger partial charge in [0.1, 0.15) is 0 Å². The average molecular weight is 318 g/mol. The number of hydrogen-bond donors (Lipinski definition) is 1. The van der Waals surface area contributed by atoms with E-state index in [4.69, 9.17) is 11.6 Å². The molecule has 2 heterocycles. The highest BCUT2D eigenvalue weighted by Gasteiger charge is 2.36. The van der Waals surface area contributed by atoms with E-state index in [2.05, 4.69) is 20.9 Å². The van der Waals surface area contributed by atoms with Crippen LogP contribution < -0.4 is 4.90 Å². The van der Waals surface area contributed by atoms with E-state index in [-0.39, 0.29) is 12.0 Å². The first-order valence-electron chi connectivity index (χ1n) is 7.58. The summed E-state index contributed by atoms with van der Waals surface area (Å²) < 4.78 is 0. The zero-order chi connectivity index (χ0) is 15.4. The number of piperidine rings is 1. The second-order valence-corrected chi connectivity index (χ2v) is 6.48. The van der Waals surface area contributed by atoms with E-state index >= 15 is 0 Å². The molecule has 1 aliphatic heterocycles. The predicted molar refractivity (Wildman–Crippen MR) is 88.2 cm³/mol. The monoisotopic (exact) mass is 317 g/mol. The van der Waals surface area contributed by atoms with E-state index in [9.17, 15) is 5.11 Å². The van der Waals surface area contributed by atoms with Crippen LogP contribution in [0.2, 0.25) is 5.02 Å². The highest BCUT2D eigenvalue weighted by molar-refractivity contribution is 6.30. The molecule has 1 fully saturated rings. The van der Waals surface area contributed by atoms with Gasteiger partial charge >= 0.3 is 0 Å². The Labute approximate surface area is 135 Å². The molecular weight excluding hydrogens is 298 g/mol. The van der Waals surface area contributed by atoms with Gasteiger partial charge in [-0.2, -0.15) is 0 Å². The number of benzene rings is 1. The number of halogens is 1. The topological polar surface area (TPSA) is 49.2 Å². The van der Waals surface area contributed by atoms with Crippen LogP contribution in [0.1, 0.15) is 18.4 Å². The molecule has 1 aliphatic rings. The fourth-order valence-electron chi connectivity index (χ4n) is 3.24. The van der Waals surface area contributed by atoms with Crippen LogP contribution in [0.3, 0.4) is 0 Å². The summed E-state index contributed by atoms with van der Waals surface area (Å²) in [7, 11) is 0. The van der Waals surface area contributed by atoms with Crippen molar-refractivity contribution in [1.82, 2.24) is 9.97 Å². The van der Waals surface area contributed by atoms with Gasteiger partial charge in [0.25, 0.3) is 0 Å². The molecule has 2 aromatic rings. The van der Waals surface area contributed by atoms with E-state index in [0.717, 1.165) is 48.9 Å². The van der Waals surface area contributed by atoms with Crippen molar-refractivity contribution in [3.8, 4) is 0 Å². The number of aromatic nitrogens is 2. The Morgan fingerprint density at radius 2 is 2.05 bits per heavy atom. The molecule has 3 rings (SSSR count). The number of nitrogens with zero attached hydrogens (tertiary/aromatic N) is 3. The molecule has 0 spiro atoms. The first-order valence-corrected chi connectivity index (χ1v) is 7.96. The minimum absolute atomic E-state index is 0.156. The van der Waals surface area contributed by atoms with Crippen LogP contribution in [-0.4, -0.2) is 34.8 Å². The van der Waals surface area contributed by atoms with E-state index < -0.39 is 0 Å². The zero-order valence-corrected chi connectivity index (χ0v) is 13.2. The quantitative estimate of drug-likeness (QED) is 0.942. The fraction of sp³-hybridized carbons (Fsp3) is 0.412. The Hall–Kier alpha value is -1.65. The van der Waals surface area contributed by atoms with Gasteiger partial charge < -0.3 is 10.0 Å². The summed E-state index contributed by atoms with van der Waals surface area (Å²) in [6.07, 6.45) is 6.36. The van der Waals surface area contributed by atoms with E-state index in [0.29, 0.717) is 0 Å². The smallest absolute Gasteiger partial charge is 0.225 e. The van der Waals surface area contributed by atoms with Crippen LogP contribution in [-0.2, 0) is 6.42 Å². The van der Waals surface area contributed by atoms with Crippen molar-refractivity contribution < 1.29 is 5.11 Å². The van der Waals surface area contributed by atoms with Crippen molar-refractivity contribution in [2.24, 2.45) is 5.41 Å². The highest BCUT2D eigenvalue weighted by atomic mass is 35.5. The van der Waals surface area contributed by atoms with Gasteiger partial charge in [0.15, 0.2) is 0 Å². The molecule has 116 valence electrons. The molecule has 0 radical (unpaired) electrons. The SMILES string of the molecule is OC[C@]1(Cc2cccc(Cl)c2)CCCN(c2ncccn2)C1. The minimum atomic E-state index is -0.165. The number of aliphatic hydroxyl groups is 1. The van der Waals surface area contributed by atoms with Crippen LogP contribution in [0.5, 0.6) is 0 Å². The maximum Gasteiger partial charge on any atom is 0.225 e. The molecule has 0 bridgehead atoms. The van der Waals surface area contributed by atoms with Crippen LogP contribution >= 0.6 is 11.6 Å². The Morgan fingerprint density at radius 1 is 1.23 bits per heavy atom. The van der Waals surface area contributed by atoms with E-state index in [1.807, 2.05) is 24.3 Å². The number of hydrogen-bond acceptors (Lipinski definition) is 4. The summed E-state index contributed by atoms with van der Waals surface area (Å²) in [5.74, 6) is 0.742. The van der Waals surface area contributed by atoms with Gasteiger partial charge in [-0.3, -0.25) is 0 Å². The molecule has 1 saturated heterocycles. The van der Waals surface area contributed by atoms with Crippen LogP contribution in [0.25, 0.3) is 0 Å². The molecule has 0 unspecified atom stereocenters. The summed E-state index contributed by atoms with van der Waals surface area (Å²) in [5, 5.41) is 10.8. The third-order valence-corrected chi connectivity index (χ3v) is 4.54. The number of aliphatic hydroxyl groups excluding tert-OH is 1. The summed E-state index contributed by atoms with van der Waals surface area (Å²) in [6, 6.07) is 9.71. The maximum absolute atomic E-state index is 10.0. The summed E-state index contributed by atoms with van der Waals surface area (Å²) in [6.45, 7) is 1.85. The molecular formula is C17H20ClN3O. The normalized spacial score (nSPS) is 21.8. The number of rotatable bonds is 4. The lowest BCUT2D eigenvalue weighted by Crippen LogP contribution is -2.47. The molecule has 0 amide bonds. The van der Waals surface area contributed by atoms with Crippen molar-refractivity contribution in [3.63, 3.8) is 0 Å². The van der Waals surface area contributed by atoms with Gasteiger partial charge in [-0.05, 0) is 43.0 Å². The molecule has 0 saturated carbocycles. The molecule has 1 atom stereocenters. The van der Waals surface area contributed by atoms with Crippen molar-refractivity contribution in [1.29, 1.82) is 0 Å². The Balaban J connectivity index is 1.80. The van der Waals surface area contributed by atoms with Crippen LogP contribution in [0.15, 0.2) is 42.7 Å². The van der Waals surface area contributed by atoms with Gasteiger partial charge in [0, 0.05) is 35.9 Å². The number of anilines is 1. The summed E-state index contributed by atoms with van der Waals surface area (Å²) in [5.41, 5.74) is 1.000. The maximum atomic E-state index is 10.0. The molecule has 1 aromatic carbocycles. The van der Waals surface area contributed by atoms with Gasteiger partial charge in [0.2, 0.25) is 5.95 Å². The lowest BCUT2D eigenvalue weighted by atomic mass is 9.76. The van der Waals surface area contributed by atoms with E-state index in [1.54, 1.807) is 12.4 Å². The molecule has 1 aromatic heterocycles. The third-order valence-electron chi connectivity index (χ3n) is 4.30. The summed E-state index contributed by atoms with van der Waals surface area (Å²) >= 11 is 6.08.